The SMILES string of the molecule is CC/C=C\C/C=C\C/C=C\C/C=C\C/C=C\CCCCCCCCCC(=O)OC(COC(=O)CCCCCCCCCCCCCCCCCCCCCCCCCCC/C=C\CCCCCCCCCC)COP(=O)(O)OCCN. The normalized spacial score (nSPS) is 13.4. The van der Waals surface area contributed by atoms with Crippen LogP contribution < -0.4 is 5.73 Å². The van der Waals surface area contributed by atoms with Gasteiger partial charge < -0.3 is 20.1 Å². The number of phosphoric ester groups is 1. The van der Waals surface area contributed by atoms with E-state index in [9.17, 15) is 19.0 Å². The zero-order chi connectivity index (χ0) is 58.7. The predicted molar refractivity (Wildman–Crippen MR) is 349 cm³/mol. The molecule has 81 heavy (non-hydrogen) atoms. The van der Waals surface area contributed by atoms with Gasteiger partial charge in [0.25, 0.3) is 0 Å². The molecule has 10 heteroatoms. The van der Waals surface area contributed by atoms with Crippen molar-refractivity contribution in [1.29, 1.82) is 0 Å². The molecule has 0 aliphatic rings. The zero-order valence-electron chi connectivity index (χ0n) is 53.0. The number of carbonyl (C=O) groups is 2. The Kier molecular flexibility index (Phi) is 64.5. The molecule has 0 amide bonds. The number of phosphoric acid groups is 1. The summed E-state index contributed by atoms with van der Waals surface area (Å²) >= 11 is 0. The van der Waals surface area contributed by atoms with E-state index in [-0.39, 0.29) is 38.6 Å². The fourth-order valence-corrected chi connectivity index (χ4v) is 10.8. The quantitative estimate of drug-likeness (QED) is 0.0264. The molecule has 2 unspecified atom stereocenters. The summed E-state index contributed by atoms with van der Waals surface area (Å²) in [5.74, 6) is -0.830. The standard InChI is InChI=1S/C71H130NO8P/c1-3-5-7-9-11-13-15-17-19-21-23-25-27-28-29-30-31-32-33-34-35-36-37-38-39-40-42-43-45-47-49-51-53-55-57-59-61-63-70(73)77-67-69(68-79-81(75,76)78-66-65-72)80-71(74)64-62-60-58-56-54-52-50-48-46-44-41-26-24-22-20-18-16-14-12-10-8-6-4-2/h6,8,12,14,18,20-21,23-24,26,44,46,69H,3-5,7,9-11,13,15-17,19,22,25,27-43,45,47-68,72H2,1-2H3,(H,75,76)/b8-6-,14-12-,20-18-,23-21-,26-24-,46-44-. The third-order valence-corrected chi connectivity index (χ3v) is 16.1. The van der Waals surface area contributed by atoms with E-state index in [1.165, 1.54) is 225 Å². The Hall–Kier alpha value is -2.55. The van der Waals surface area contributed by atoms with Crippen molar-refractivity contribution in [3.05, 3.63) is 72.9 Å². The Morgan fingerprint density at radius 2 is 0.679 bits per heavy atom. The van der Waals surface area contributed by atoms with Crippen molar-refractivity contribution < 1.29 is 37.6 Å². The van der Waals surface area contributed by atoms with Crippen LogP contribution in [0.1, 0.15) is 335 Å². The van der Waals surface area contributed by atoms with Gasteiger partial charge in [-0.25, -0.2) is 4.57 Å². The Morgan fingerprint density at radius 1 is 0.383 bits per heavy atom. The first-order valence-electron chi connectivity index (χ1n) is 34.4. The monoisotopic (exact) mass is 1160 g/mol. The smallest absolute Gasteiger partial charge is 0.462 e. The number of esters is 2. The molecule has 0 rings (SSSR count). The molecule has 0 bridgehead atoms. The molecule has 0 aromatic carbocycles. The van der Waals surface area contributed by atoms with Gasteiger partial charge in [-0.2, -0.15) is 0 Å². The van der Waals surface area contributed by atoms with Gasteiger partial charge in [-0.1, -0.05) is 311 Å². The molecule has 0 aliphatic heterocycles. The third-order valence-electron chi connectivity index (χ3n) is 15.1. The van der Waals surface area contributed by atoms with E-state index in [1.807, 2.05) is 0 Å². The van der Waals surface area contributed by atoms with Gasteiger partial charge in [0, 0.05) is 19.4 Å². The molecule has 0 aliphatic carbocycles. The minimum atomic E-state index is -4.40. The van der Waals surface area contributed by atoms with Gasteiger partial charge in [0.1, 0.15) is 6.61 Å². The van der Waals surface area contributed by atoms with Crippen LogP contribution in [-0.4, -0.2) is 49.3 Å². The molecule has 2 atom stereocenters. The minimum absolute atomic E-state index is 0.0498. The summed E-state index contributed by atoms with van der Waals surface area (Å²) < 4.78 is 33.1. The van der Waals surface area contributed by atoms with Crippen LogP contribution in [0, 0.1) is 0 Å². The maximum Gasteiger partial charge on any atom is 0.472 e. The highest BCUT2D eigenvalue weighted by atomic mass is 31.2. The van der Waals surface area contributed by atoms with Gasteiger partial charge in [0.05, 0.1) is 13.2 Å². The van der Waals surface area contributed by atoms with Crippen molar-refractivity contribution in [3.63, 3.8) is 0 Å². The maximum atomic E-state index is 12.7. The summed E-state index contributed by atoms with van der Waals surface area (Å²) in [5, 5.41) is 0. The average Bonchev–Trinajstić information content (AvgIpc) is 3.46. The fraction of sp³-hybridized carbons (Fsp3) is 0.803. The Labute approximate surface area is 501 Å². The van der Waals surface area contributed by atoms with E-state index in [4.69, 9.17) is 24.3 Å². The Morgan fingerprint density at radius 3 is 1.02 bits per heavy atom. The molecule has 0 aromatic heterocycles. The van der Waals surface area contributed by atoms with Gasteiger partial charge in [-0.3, -0.25) is 18.6 Å². The number of ether oxygens (including phenoxy) is 2. The summed E-state index contributed by atoms with van der Waals surface area (Å²) in [6, 6.07) is 0. The van der Waals surface area contributed by atoms with Crippen LogP contribution in [0.3, 0.4) is 0 Å². The summed E-state index contributed by atoms with van der Waals surface area (Å²) in [6.45, 7) is 3.66. The fourth-order valence-electron chi connectivity index (χ4n) is 10.0. The first-order chi connectivity index (χ1) is 39.8. The van der Waals surface area contributed by atoms with Gasteiger partial charge >= 0.3 is 19.8 Å². The lowest BCUT2D eigenvalue weighted by Gasteiger charge is -2.19. The number of rotatable bonds is 65. The van der Waals surface area contributed by atoms with Crippen molar-refractivity contribution in [1.82, 2.24) is 0 Å². The predicted octanol–water partition coefficient (Wildman–Crippen LogP) is 22.4. The summed E-state index contributed by atoms with van der Waals surface area (Å²) in [5.41, 5.74) is 5.39. The van der Waals surface area contributed by atoms with E-state index in [0.717, 1.165) is 77.0 Å². The molecular weight excluding hydrogens is 1030 g/mol. The molecule has 3 N–H and O–H groups in total. The molecule has 9 nitrogen and oxygen atoms in total. The van der Waals surface area contributed by atoms with Crippen molar-refractivity contribution in [2.75, 3.05) is 26.4 Å². The second kappa shape index (κ2) is 66.6. The van der Waals surface area contributed by atoms with Crippen LogP contribution in [0.25, 0.3) is 0 Å². The lowest BCUT2D eigenvalue weighted by Crippen LogP contribution is -2.29. The van der Waals surface area contributed by atoms with Crippen molar-refractivity contribution in [2.45, 2.75) is 341 Å². The second-order valence-corrected chi connectivity index (χ2v) is 24.5. The van der Waals surface area contributed by atoms with Crippen LogP contribution in [0.2, 0.25) is 0 Å². The molecule has 0 saturated carbocycles. The topological polar surface area (TPSA) is 134 Å². The Balaban J connectivity index is 3.82. The molecule has 0 aromatic rings. The number of allylic oxidation sites excluding steroid dienone is 12. The van der Waals surface area contributed by atoms with E-state index >= 15 is 0 Å². The average molecular weight is 1160 g/mol. The summed E-state index contributed by atoms with van der Waals surface area (Å²) in [6.07, 6.45) is 87.2. The first-order valence-corrected chi connectivity index (χ1v) is 35.9. The third kappa shape index (κ3) is 66.5. The summed E-state index contributed by atoms with van der Waals surface area (Å²) in [7, 11) is -4.40. The molecule has 0 radical (unpaired) electrons. The molecular formula is C71H130NO8P. The van der Waals surface area contributed by atoms with Gasteiger partial charge in [0.15, 0.2) is 6.10 Å². The number of carbonyl (C=O) groups excluding carboxylic acids is 2. The van der Waals surface area contributed by atoms with E-state index in [1.54, 1.807) is 0 Å². The largest absolute Gasteiger partial charge is 0.472 e. The number of unbranched alkanes of at least 4 members (excludes halogenated alkanes) is 40. The molecule has 0 saturated heterocycles. The van der Waals surface area contributed by atoms with Crippen molar-refractivity contribution >= 4 is 19.8 Å². The number of nitrogens with two attached hydrogens (primary N) is 1. The van der Waals surface area contributed by atoms with Gasteiger partial charge in [0.2, 0.25) is 0 Å². The summed E-state index contributed by atoms with van der Waals surface area (Å²) in [4.78, 5) is 35.3. The van der Waals surface area contributed by atoms with Crippen LogP contribution >= 0.6 is 7.82 Å². The van der Waals surface area contributed by atoms with Crippen molar-refractivity contribution in [2.24, 2.45) is 5.73 Å². The van der Waals surface area contributed by atoms with Crippen LogP contribution in [0.4, 0.5) is 0 Å². The van der Waals surface area contributed by atoms with Gasteiger partial charge in [-0.15, -0.1) is 0 Å². The second-order valence-electron chi connectivity index (χ2n) is 23.0. The maximum absolute atomic E-state index is 12.7. The van der Waals surface area contributed by atoms with Crippen molar-refractivity contribution in [3.8, 4) is 0 Å². The van der Waals surface area contributed by atoms with E-state index in [0.29, 0.717) is 6.42 Å². The van der Waals surface area contributed by atoms with Crippen LogP contribution in [0.15, 0.2) is 72.9 Å². The first kappa shape index (κ1) is 78.5. The van der Waals surface area contributed by atoms with Gasteiger partial charge in [-0.05, 0) is 83.5 Å². The highest BCUT2D eigenvalue weighted by molar-refractivity contribution is 7.47. The lowest BCUT2D eigenvalue weighted by atomic mass is 10.0. The molecule has 0 fully saturated rings. The van der Waals surface area contributed by atoms with Crippen LogP contribution in [0.5, 0.6) is 0 Å². The highest BCUT2D eigenvalue weighted by Crippen LogP contribution is 2.43. The molecule has 472 valence electrons. The highest BCUT2D eigenvalue weighted by Gasteiger charge is 2.26. The zero-order valence-corrected chi connectivity index (χ0v) is 53.9. The molecule has 0 heterocycles. The lowest BCUT2D eigenvalue weighted by molar-refractivity contribution is -0.161. The molecule has 0 spiro atoms. The Bertz CT molecular complexity index is 1560. The van der Waals surface area contributed by atoms with E-state index in [2.05, 4.69) is 86.8 Å². The van der Waals surface area contributed by atoms with E-state index < -0.39 is 26.5 Å². The number of hydrogen-bond donors (Lipinski definition) is 2. The van der Waals surface area contributed by atoms with Crippen LogP contribution in [-0.2, 0) is 32.7 Å². The number of hydrogen-bond acceptors (Lipinski definition) is 8. The minimum Gasteiger partial charge on any atom is -0.462 e.